The molecule has 0 radical (unpaired) electrons. The van der Waals surface area contributed by atoms with Crippen LogP contribution in [0.2, 0.25) is 0 Å². The van der Waals surface area contributed by atoms with Crippen molar-refractivity contribution in [3.8, 4) is 22.8 Å². The van der Waals surface area contributed by atoms with Crippen LogP contribution in [0.5, 0.6) is 5.88 Å². The number of pyridine rings is 1. The number of anilines is 1. The minimum Gasteiger partial charge on any atom is -0.475 e. The van der Waals surface area contributed by atoms with Gasteiger partial charge in [-0.15, -0.1) is 0 Å². The number of methoxy groups -OCH3 is 2. The summed E-state index contributed by atoms with van der Waals surface area (Å²) in [6.45, 7) is 7.70. The van der Waals surface area contributed by atoms with E-state index in [0.717, 1.165) is 18.8 Å². The number of urea groups is 1. The Kier molecular flexibility index (Phi) is 11.6. The van der Waals surface area contributed by atoms with E-state index in [-0.39, 0.29) is 41.9 Å². The average Bonchev–Trinajstić information content (AvgIpc) is 3.64. The van der Waals surface area contributed by atoms with Gasteiger partial charge in [-0.1, -0.05) is 48.5 Å². The maximum absolute atomic E-state index is 13.7. The van der Waals surface area contributed by atoms with Crippen molar-refractivity contribution in [3.63, 3.8) is 0 Å². The highest BCUT2D eigenvalue weighted by atomic mass is 16.5. The summed E-state index contributed by atoms with van der Waals surface area (Å²) in [5, 5.41) is 14.1. The molecule has 0 spiro atoms. The molecule has 2 aromatic carbocycles. The van der Waals surface area contributed by atoms with Gasteiger partial charge in [-0.25, -0.2) is 14.5 Å². The van der Waals surface area contributed by atoms with Crippen molar-refractivity contribution < 1.29 is 23.8 Å². The SMILES string of the molecule is CCNC(=O)c1cc(-c2nn(-c3ccccc3)c(NC(=O)N[C@@H]3CN(CCOC)C[C@H]3c3ccccc3)c2C)cnc1OCCOC. The first kappa shape index (κ1) is 33.6. The largest absolute Gasteiger partial charge is 0.475 e. The molecule has 12 heteroatoms. The second-order valence-corrected chi connectivity index (χ2v) is 11.3. The molecule has 0 unspecified atom stereocenters. The molecule has 248 valence electrons. The van der Waals surface area contributed by atoms with Crippen molar-refractivity contribution in [3.05, 3.63) is 89.6 Å². The molecule has 12 nitrogen and oxygen atoms in total. The Bertz CT molecular complexity index is 1630. The smallest absolute Gasteiger partial charge is 0.320 e. The van der Waals surface area contributed by atoms with Gasteiger partial charge in [0.05, 0.1) is 30.6 Å². The summed E-state index contributed by atoms with van der Waals surface area (Å²) in [7, 11) is 3.28. The van der Waals surface area contributed by atoms with E-state index in [1.54, 1.807) is 31.2 Å². The predicted octanol–water partition coefficient (Wildman–Crippen LogP) is 4.25. The fourth-order valence-corrected chi connectivity index (χ4v) is 5.79. The van der Waals surface area contributed by atoms with E-state index in [0.29, 0.717) is 48.9 Å². The highest BCUT2D eigenvalue weighted by Gasteiger charge is 2.35. The molecule has 3 N–H and O–H groups in total. The quantitative estimate of drug-likeness (QED) is 0.174. The molecular formula is C35H43N7O5. The standard InChI is InChI=1S/C35H43N7O5/c1-5-36-33(43)28-20-26(21-37-34(28)47-19-18-46-4)31-24(2)32(42(40-31)27-14-10-7-11-15-27)39-35(44)38-30-23-41(16-17-45-3)22-29(30)25-12-8-6-9-13-25/h6-15,20-21,29-30H,5,16-19,22-23H2,1-4H3,(H,36,43)(H2,38,39,44)/t29-,30+/m0/s1. The fourth-order valence-electron chi connectivity index (χ4n) is 5.79. The van der Waals surface area contributed by atoms with Crippen LogP contribution in [-0.2, 0) is 9.47 Å². The van der Waals surface area contributed by atoms with Crippen LogP contribution < -0.4 is 20.7 Å². The molecule has 1 aliphatic rings. The lowest BCUT2D eigenvalue weighted by molar-refractivity contribution is 0.0946. The minimum absolute atomic E-state index is 0.114. The van der Waals surface area contributed by atoms with Crippen LogP contribution in [0.15, 0.2) is 72.9 Å². The van der Waals surface area contributed by atoms with E-state index in [1.807, 2.05) is 62.4 Å². The molecule has 47 heavy (non-hydrogen) atoms. The van der Waals surface area contributed by atoms with E-state index in [4.69, 9.17) is 19.3 Å². The minimum atomic E-state index is -0.334. The fraction of sp³-hybridized carbons (Fsp3) is 0.371. The van der Waals surface area contributed by atoms with Gasteiger partial charge >= 0.3 is 6.03 Å². The first-order valence-corrected chi connectivity index (χ1v) is 15.8. The van der Waals surface area contributed by atoms with Crippen molar-refractivity contribution in [2.45, 2.75) is 25.8 Å². The number of amides is 3. The van der Waals surface area contributed by atoms with Gasteiger partial charge in [-0.05, 0) is 37.6 Å². The van der Waals surface area contributed by atoms with Crippen molar-refractivity contribution >= 4 is 17.8 Å². The first-order valence-electron chi connectivity index (χ1n) is 15.8. The Hall–Kier alpha value is -4.78. The number of hydrogen-bond donors (Lipinski definition) is 3. The van der Waals surface area contributed by atoms with E-state index in [9.17, 15) is 9.59 Å². The third-order valence-corrected chi connectivity index (χ3v) is 8.14. The molecule has 0 saturated carbocycles. The van der Waals surface area contributed by atoms with Gasteiger partial charge in [-0.2, -0.15) is 5.10 Å². The van der Waals surface area contributed by atoms with E-state index in [2.05, 4.69) is 38.0 Å². The normalized spacial score (nSPS) is 16.2. The zero-order valence-electron chi connectivity index (χ0n) is 27.4. The number of nitrogens with one attached hydrogen (secondary N) is 3. The van der Waals surface area contributed by atoms with E-state index >= 15 is 0 Å². The lowest BCUT2D eigenvalue weighted by Gasteiger charge is -2.21. The Morgan fingerprint density at radius 1 is 0.957 bits per heavy atom. The maximum Gasteiger partial charge on any atom is 0.320 e. The third-order valence-electron chi connectivity index (χ3n) is 8.14. The van der Waals surface area contributed by atoms with Crippen LogP contribution in [-0.4, -0.2) is 97.9 Å². The number of rotatable bonds is 14. The number of carbonyl (C=O) groups is 2. The zero-order chi connectivity index (χ0) is 33.2. The Balaban J connectivity index is 1.46. The van der Waals surface area contributed by atoms with Crippen LogP contribution in [0, 0.1) is 6.92 Å². The third kappa shape index (κ3) is 8.15. The number of carbonyl (C=O) groups excluding carboxylic acids is 2. The molecule has 2 aromatic heterocycles. The number of ether oxygens (including phenoxy) is 3. The van der Waals surface area contributed by atoms with Gasteiger partial charge in [0.2, 0.25) is 5.88 Å². The summed E-state index contributed by atoms with van der Waals surface area (Å²) < 4.78 is 17.9. The summed E-state index contributed by atoms with van der Waals surface area (Å²) in [5.74, 6) is 0.530. The van der Waals surface area contributed by atoms with Crippen LogP contribution in [0.1, 0.15) is 34.3 Å². The highest BCUT2D eigenvalue weighted by Crippen LogP contribution is 2.33. The molecule has 5 rings (SSSR count). The summed E-state index contributed by atoms with van der Waals surface area (Å²) >= 11 is 0. The van der Waals surface area contributed by atoms with Gasteiger partial charge in [0.15, 0.2) is 0 Å². The van der Waals surface area contributed by atoms with Crippen molar-refractivity contribution in [2.75, 3.05) is 65.5 Å². The van der Waals surface area contributed by atoms with Crippen molar-refractivity contribution in [1.29, 1.82) is 0 Å². The summed E-state index contributed by atoms with van der Waals surface area (Å²) in [5.41, 5.74) is 4.12. The molecule has 3 heterocycles. The van der Waals surface area contributed by atoms with Crippen LogP contribution >= 0.6 is 0 Å². The highest BCUT2D eigenvalue weighted by molar-refractivity contribution is 5.98. The molecule has 1 saturated heterocycles. The van der Waals surface area contributed by atoms with Crippen molar-refractivity contribution in [2.24, 2.45) is 0 Å². The molecule has 1 fully saturated rings. The Labute approximate surface area is 275 Å². The lowest BCUT2D eigenvalue weighted by atomic mass is 9.94. The number of likely N-dealkylation sites (tertiary alicyclic amines) is 1. The second kappa shape index (κ2) is 16.2. The predicted molar refractivity (Wildman–Crippen MR) is 180 cm³/mol. The van der Waals surface area contributed by atoms with Gasteiger partial charge < -0.3 is 24.8 Å². The molecule has 2 atom stereocenters. The van der Waals surface area contributed by atoms with E-state index < -0.39 is 0 Å². The Morgan fingerprint density at radius 3 is 2.38 bits per heavy atom. The molecular weight excluding hydrogens is 598 g/mol. The first-order chi connectivity index (χ1) is 22.9. The molecule has 0 aliphatic carbocycles. The van der Waals surface area contributed by atoms with Crippen molar-refractivity contribution in [1.82, 2.24) is 30.3 Å². The topological polar surface area (TPSA) is 132 Å². The molecule has 4 aromatic rings. The van der Waals surface area contributed by atoms with Crippen LogP contribution in [0.3, 0.4) is 0 Å². The Morgan fingerprint density at radius 2 is 1.68 bits per heavy atom. The lowest BCUT2D eigenvalue weighted by Crippen LogP contribution is -2.42. The van der Waals surface area contributed by atoms with Crippen LogP contribution in [0.4, 0.5) is 10.6 Å². The van der Waals surface area contributed by atoms with Gasteiger partial charge in [0, 0.05) is 63.6 Å². The van der Waals surface area contributed by atoms with Crippen LogP contribution in [0.25, 0.3) is 16.9 Å². The number of benzene rings is 2. The number of nitrogens with zero attached hydrogens (tertiary/aromatic N) is 4. The van der Waals surface area contributed by atoms with Gasteiger partial charge in [-0.3, -0.25) is 15.0 Å². The summed E-state index contributed by atoms with van der Waals surface area (Å²) in [6.07, 6.45) is 1.62. The summed E-state index contributed by atoms with van der Waals surface area (Å²) in [4.78, 5) is 33.5. The van der Waals surface area contributed by atoms with Gasteiger partial charge in [0.1, 0.15) is 18.0 Å². The number of para-hydroxylation sites is 1. The van der Waals surface area contributed by atoms with E-state index in [1.165, 1.54) is 5.56 Å². The zero-order valence-corrected chi connectivity index (χ0v) is 27.4. The number of hydrogen-bond acceptors (Lipinski definition) is 8. The maximum atomic E-state index is 13.7. The monoisotopic (exact) mass is 641 g/mol. The summed E-state index contributed by atoms with van der Waals surface area (Å²) in [6, 6.07) is 21.1. The molecule has 0 bridgehead atoms. The molecule has 3 amide bonds. The molecule has 1 aliphatic heterocycles. The second-order valence-electron chi connectivity index (χ2n) is 11.3. The van der Waals surface area contributed by atoms with Gasteiger partial charge in [0.25, 0.3) is 5.91 Å². The average molecular weight is 642 g/mol. The number of aromatic nitrogens is 3.